The van der Waals surface area contributed by atoms with E-state index in [0.29, 0.717) is 24.8 Å². The molecule has 0 heterocycles. The molecule has 0 bridgehead atoms. The summed E-state index contributed by atoms with van der Waals surface area (Å²) in [5, 5.41) is 0. The van der Waals surface area contributed by atoms with Crippen LogP contribution in [-0.4, -0.2) is 18.9 Å². The zero-order valence-corrected chi connectivity index (χ0v) is 7.55. The molecule has 0 saturated heterocycles. The number of rotatable bonds is 5. The van der Waals surface area contributed by atoms with Crippen molar-refractivity contribution in [1.82, 2.24) is 0 Å². The highest BCUT2D eigenvalue weighted by Crippen LogP contribution is 2.02. The Morgan fingerprint density at radius 1 is 1.33 bits per heavy atom. The first-order valence-corrected chi connectivity index (χ1v) is 3.83. The SMILES string of the molecule is C=C(C)C(=O)CCCC(=O)OC. The van der Waals surface area contributed by atoms with E-state index in [2.05, 4.69) is 11.3 Å². The molecule has 0 spiro atoms. The van der Waals surface area contributed by atoms with Gasteiger partial charge in [0.1, 0.15) is 0 Å². The highest BCUT2D eigenvalue weighted by Gasteiger charge is 2.04. The maximum Gasteiger partial charge on any atom is 0.305 e. The monoisotopic (exact) mass is 170 g/mol. The Balaban J connectivity index is 3.50. The van der Waals surface area contributed by atoms with Crippen molar-refractivity contribution < 1.29 is 14.3 Å². The van der Waals surface area contributed by atoms with E-state index in [-0.39, 0.29) is 11.8 Å². The summed E-state index contributed by atoms with van der Waals surface area (Å²) in [4.78, 5) is 21.6. The first-order valence-electron chi connectivity index (χ1n) is 3.83. The molecule has 12 heavy (non-hydrogen) atoms. The van der Waals surface area contributed by atoms with Crippen LogP contribution in [0.1, 0.15) is 26.2 Å². The van der Waals surface area contributed by atoms with Crippen LogP contribution in [0.5, 0.6) is 0 Å². The van der Waals surface area contributed by atoms with Crippen LogP contribution < -0.4 is 0 Å². The summed E-state index contributed by atoms with van der Waals surface area (Å²) in [6, 6.07) is 0. The van der Waals surface area contributed by atoms with Crippen molar-refractivity contribution in [2.24, 2.45) is 0 Å². The van der Waals surface area contributed by atoms with Crippen molar-refractivity contribution in [1.29, 1.82) is 0 Å². The van der Waals surface area contributed by atoms with Gasteiger partial charge in [0.15, 0.2) is 5.78 Å². The highest BCUT2D eigenvalue weighted by molar-refractivity contribution is 5.94. The van der Waals surface area contributed by atoms with E-state index in [1.54, 1.807) is 6.92 Å². The molecule has 0 aromatic heterocycles. The van der Waals surface area contributed by atoms with E-state index in [0.717, 1.165) is 0 Å². The van der Waals surface area contributed by atoms with E-state index >= 15 is 0 Å². The lowest BCUT2D eigenvalue weighted by Crippen LogP contribution is -2.03. The predicted octanol–water partition coefficient (Wildman–Crippen LogP) is 1.47. The summed E-state index contributed by atoms with van der Waals surface area (Å²) < 4.78 is 4.42. The second kappa shape index (κ2) is 5.52. The van der Waals surface area contributed by atoms with Crippen LogP contribution in [0.25, 0.3) is 0 Å². The lowest BCUT2D eigenvalue weighted by atomic mass is 10.1. The summed E-state index contributed by atoms with van der Waals surface area (Å²) in [7, 11) is 1.34. The number of ketones is 1. The average molecular weight is 170 g/mol. The Kier molecular flexibility index (Phi) is 5.00. The lowest BCUT2D eigenvalue weighted by molar-refractivity contribution is -0.140. The maximum atomic E-state index is 11.0. The van der Waals surface area contributed by atoms with Crippen molar-refractivity contribution in [3.05, 3.63) is 12.2 Å². The fourth-order valence-corrected chi connectivity index (χ4v) is 0.709. The zero-order valence-electron chi connectivity index (χ0n) is 7.55. The van der Waals surface area contributed by atoms with Crippen molar-refractivity contribution >= 4 is 11.8 Å². The number of carbonyl (C=O) groups is 2. The van der Waals surface area contributed by atoms with Gasteiger partial charge in [-0.05, 0) is 18.9 Å². The molecule has 3 nitrogen and oxygen atoms in total. The molecule has 0 fully saturated rings. The first kappa shape index (κ1) is 10.9. The molecule has 0 aliphatic carbocycles. The molecule has 0 saturated carbocycles. The Hall–Kier alpha value is -1.12. The van der Waals surface area contributed by atoms with Gasteiger partial charge in [0, 0.05) is 12.8 Å². The number of esters is 1. The van der Waals surface area contributed by atoms with E-state index in [1.165, 1.54) is 7.11 Å². The van der Waals surface area contributed by atoms with Crippen molar-refractivity contribution in [3.63, 3.8) is 0 Å². The topological polar surface area (TPSA) is 43.4 Å². The molecule has 0 aliphatic heterocycles. The standard InChI is InChI=1S/C9H14O3/c1-7(2)8(10)5-4-6-9(11)12-3/h1,4-6H2,2-3H3. The summed E-state index contributed by atoms with van der Waals surface area (Å²) in [6.07, 6.45) is 1.22. The van der Waals surface area contributed by atoms with Gasteiger partial charge in [-0.1, -0.05) is 6.58 Å². The molecule has 0 aliphatic rings. The van der Waals surface area contributed by atoms with Crippen molar-refractivity contribution in [3.8, 4) is 0 Å². The molecular formula is C9H14O3. The Morgan fingerprint density at radius 3 is 2.33 bits per heavy atom. The van der Waals surface area contributed by atoms with E-state index in [9.17, 15) is 9.59 Å². The molecule has 0 rings (SSSR count). The molecule has 0 atom stereocenters. The minimum atomic E-state index is -0.274. The van der Waals surface area contributed by atoms with Gasteiger partial charge in [-0.3, -0.25) is 9.59 Å². The third-order valence-electron chi connectivity index (χ3n) is 1.49. The number of allylic oxidation sites excluding steroid dienone is 1. The number of hydrogen-bond donors (Lipinski definition) is 0. The van der Waals surface area contributed by atoms with Gasteiger partial charge < -0.3 is 4.74 Å². The van der Waals surface area contributed by atoms with Gasteiger partial charge in [0.25, 0.3) is 0 Å². The Morgan fingerprint density at radius 2 is 1.92 bits per heavy atom. The molecule has 68 valence electrons. The third-order valence-corrected chi connectivity index (χ3v) is 1.49. The number of ether oxygens (including phenoxy) is 1. The van der Waals surface area contributed by atoms with Crippen LogP contribution in [-0.2, 0) is 14.3 Å². The number of Topliss-reactive ketones (excluding diaryl/α,β-unsaturated/α-hetero) is 1. The van der Waals surface area contributed by atoms with Crippen molar-refractivity contribution in [2.75, 3.05) is 7.11 Å². The molecule has 0 radical (unpaired) electrons. The smallest absolute Gasteiger partial charge is 0.305 e. The summed E-state index contributed by atoms with van der Waals surface area (Å²) in [5.41, 5.74) is 0.542. The van der Waals surface area contributed by atoms with Crippen LogP contribution in [0.2, 0.25) is 0 Å². The fourth-order valence-electron chi connectivity index (χ4n) is 0.709. The van der Waals surface area contributed by atoms with Gasteiger partial charge in [-0.15, -0.1) is 0 Å². The third kappa shape index (κ3) is 4.66. The van der Waals surface area contributed by atoms with Gasteiger partial charge in [0.2, 0.25) is 0 Å². The summed E-state index contributed by atoms with van der Waals surface area (Å²) >= 11 is 0. The predicted molar refractivity (Wildman–Crippen MR) is 45.7 cm³/mol. The molecular weight excluding hydrogens is 156 g/mol. The zero-order chi connectivity index (χ0) is 9.56. The van der Waals surface area contributed by atoms with Crippen molar-refractivity contribution in [2.45, 2.75) is 26.2 Å². The fraction of sp³-hybridized carbons (Fsp3) is 0.556. The van der Waals surface area contributed by atoms with Gasteiger partial charge in [0.05, 0.1) is 7.11 Å². The van der Waals surface area contributed by atoms with Crippen LogP contribution in [0.3, 0.4) is 0 Å². The molecule has 0 unspecified atom stereocenters. The number of hydrogen-bond acceptors (Lipinski definition) is 3. The first-order chi connectivity index (χ1) is 5.57. The molecule has 0 amide bonds. The summed E-state index contributed by atoms with van der Waals surface area (Å²) in [5.74, 6) is -0.261. The van der Waals surface area contributed by atoms with Gasteiger partial charge in [-0.25, -0.2) is 0 Å². The van der Waals surface area contributed by atoms with Crippen LogP contribution in [0.15, 0.2) is 12.2 Å². The molecule has 0 aromatic rings. The maximum absolute atomic E-state index is 11.0. The lowest BCUT2D eigenvalue weighted by Gasteiger charge is -1.98. The van der Waals surface area contributed by atoms with Crippen LogP contribution in [0, 0.1) is 0 Å². The molecule has 0 aromatic carbocycles. The summed E-state index contributed by atoms with van der Waals surface area (Å²) in [6.45, 7) is 5.17. The second-order valence-corrected chi connectivity index (χ2v) is 2.63. The van der Waals surface area contributed by atoms with Gasteiger partial charge in [-0.2, -0.15) is 0 Å². The van der Waals surface area contributed by atoms with Crippen LogP contribution >= 0.6 is 0 Å². The van der Waals surface area contributed by atoms with Crippen LogP contribution in [0.4, 0.5) is 0 Å². The number of carbonyl (C=O) groups excluding carboxylic acids is 2. The Labute approximate surface area is 72.4 Å². The quantitative estimate of drug-likeness (QED) is 0.463. The Bertz CT molecular complexity index is 194. The largest absolute Gasteiger partial charge is 0.469 e. The molecule has 3 heteroatoms. The van der Waals surface area contributed by atoms with Gasteiger partial charge >= 0.3 is 5.97 Å². The van der Waals surface area contributed by atoms with E-state index < -0.39 is 0 Å². The van der Waals surface area contributed by atoms with E-state index in [1.807, 2.05) is 0 Å². The molecule has 0 N–H and O–H groups in total. The highest BCUT2D eigenvalue weighted by atomic mass is 16.5. The minimum absolute atomic E-state index is 0.0129. The minimum Gasteiger partial charge on any atom is -0.469 e. The second-order valence-electron chi connectivity index (χ2n) is 2.63. The number of methoxy groups -OCH3 is 1. The average Bonchev–Trinajstić information content (AvgIpc) is 2.03. The normalized spacial score (nSPS) is 9.17. The van der Waals surface area contributed by atoms with E-state index in [4.69, 9.17) is 0 Å².